The van der Waals surface area contributed by atoms with E-state index < -0.39 is 0 Å². The van der Waals surface area contributed by atoms with Crippen molar-refractivity contribution >= 4 is 29.2 Å². The number of H-pyrrole nitrogens is 1. The first-order valence-corrected chi connectivity index (χ1v) is 7.37. The largest absolute Gasteiger partial charge is 0.338 e. The van der Waals surface area contributed by atoms with Gasteiger partial charge >= 0.3 is 0 Å². The Labute approximate surface area is 136 Å². The predicted octanol–water partition coefficient (Wildman–Crippen LogP) is 2.49. The average Bonchev–Trinajstić information content (AvgIpc) is 2.88. The lowest BCUT2D eigenvalue weighted by atomic mass is 9.79. The molecule has 1 amide bonds. The first-order valence-electron chi connectivity index (χ1n) is 7.37. The van der Waals surface area contributed by atoms with Gasteiger partial charge in [-0.05, 0) is 36.5 Å². The number of aromatic amines is 1. The van der Waals surface area contributed by atoms with Gasteiger partial charge in [0.1, 0.15) is 0 Å². The van der Waals surface area contributed by atoms with Crippen LogP contribution >= 0.6 is 12.4 Å². The number of aryl methyl sites for hydroxylation is 1. The lowest BCUT2D eigenvalue weighted by molar-refractivity contribution is 0.0534. The number of likely N-dealkylation sites (tertiary alicyclic amines) is 1. The minimum atomic E-state index is -0.0508. The van der Waals surface area contributed by atoms with E-state index >= 15 is 0 Å². The molecular weight excluding hydrogens is 300 g/mol. The van der Waals surface area contributed by atoms with Crippen LogP contribution in [0.5, 0.6) is 0 Å². The second-order valence-corrected chi connectivity index (χ2v) is 6.76. The molecule has 0 bridgehead atoms. The fourth-order valence-electron chi connectivity index (χ4n) is 3.09. The summed E-state index contributed by atoms with van der Waals surface area (Å²) in [5.74, 6) is 0.0629. The number of nitrogens with two attached hydrogens (primary N) is 1. The Balaban J connectivity index is 0.00000176. The summed E-state index contributed by atoms with van der Waals surface area (Å²) in [6.07, 6.45) is 2.60. The lowest BCUT2D eigenvalue weighted by Gasteiger charge is -2.42. The van der Waals surface area contributed by atoms with Crippen molar-refractivity contribution in [3.05, 3.63) is 29.5 Å². The Morgan fingerprint density at radius 3 is 2.86 bits per heavy atom. The van der Waals surface area contributed by atoms with Gasteiger partial charge in [0.2, 0.25) is 0 Å². The molecule has 3 N–H and O–H groups in total. The highest BCUT2D eigenvalue weighted by Crippen LogP contribution is 2.29. The molecule has 0 radical (unpaired) electrons. The zero-order valence-corrected chi connectivity index (χ0v) is 14.0. The third-order valence-electron chi connectivity index (χ3n) is 4.52. The van der Waals surface area contributed by atoms with Crippen LogP contribution in [0.15, 0.2) is 18.3 Å². The van der Waals surface area contributed by atoms with Gasteiger partial charge in [-0.15, -0.1) is 12.4 Å². The van der Waals surface area contributed by atoms with Gasteiger partial charge in [-0.1, -0.05) is 13.8 Å². The molecule has 1 aliphatic rings. The van der Waals surface area contributed by atoms with Gasteiger partial charge in [0.15, 0.2) is 0 Å². The molecule has 1 unspecified atom stereocenters. The van der Waals surface area contributed by atoms with Crippen LogP contribution in [-0.2, 0) is 0 Å². The molecule has 2 heterocycles. The normalized spacial score (nSPS) is 20.7. The van der Waals surface area contributed by atoms with Crippen molar-refractivity contribution in [1.29, 1.82) is 0 Å². The van der Waals surface area contributed by atoms with Crippen LogP contribution in [0.4, 0.5) is 0 Å². The molecule has 2 aromatic rings. The van der Waals surface area contributed by atoms with E-state index in [1.165, 1.54) is 0 Å². The van der Waals surface area contributed by atoms with Crippen molar-refractivity contribution in [2.75, 3.05) is 13.1 Å². The Kier molecular flexibility index (Phi) is 4.49. The molecule has 120 valence electrons. The number of halogens is 1. The van der Waals surface area contributed by atoms with Gasteiger partial charge in [-0.2, -0.15) is 5.10 Å². The molecule has 0 aliphatic carbocycles. The van der Waals surface area contributed by atoms with Crippen LogP contribution in [0, 0.1) is 12.3 Å². The van der Waals surface area contributed by atoms with E-state index in [4.69, 9.17) is 5.73 Å². The highest BCUT2D eigenvalue weighted by atomic mass is 35.5. The minimum Gasteiger partial charge on any atom is -0.338 e. The van der Waals surface area contributed by atoms with Crippen LogP contribution in [0.3, 0.4) is 0 Å². The molecule has 1 aromatic heterocycles. The molecule has 0 spiro atoms. The zero-order chi connectivity index (χ0) is 15.2. The first kappa shape index (κ1) is 16.8. The zero-order valence-electron chi connectivity index (χ0n) is 13.2. The van der Waals surface area contributed by atoms with Crippen LogP contribution in [0.25, 0.3) is 10.9 Å². The van der Waals surface area contributed by atoms with E-state index in [0.717, 1.165) is 22.9 Å². The molecule has 1 aromatic carbocycles. The van der Waals surface area contributed by atoms with Gasteiger partial charge in [0.25, 0.3) is 5.91 Å². The average molecular weight is 323 g/mol. The highest BCUT2D eigenvalue weighted by Gasteiger charge is 2.36. The lowest BCUT2D eigenvalue weighted by Crippen LogP contribution is -2.54. The first-order chi connectivity index (χ1) is 9.88. The van der Waals surface area contributed by atoms with Crippen LogP contribution in [0.2, 0.25) is 0 Å². The maximum atomic E-state index is 12.9. The van der Waals surface area contributed by atoms with Gasteiger partial charge < -0.3 is 10.6 Å². The van der Waals surface area contributed by atoms with Crippen molar-refractivity contribution in [1.82, 2.24) is 15.1 Å². The number of nitrogens with zero attached hydrogens (tertiary/aromatic N) is 2. The molecule has 3 rings (SSSR count). The number of aromatic nitrogens is 2. The number of piperidine rings is 1. The van der Waals surface area contributed by atoms with Crippen molar-refractivity contribution in [3.63, 3.8) is 0 Å². The Morgan fingerprint density at radius 2 is 2.18 bits per heavy atom. The van der Waals surface area contributed by atoms with Gasteiger partial charge in [-0.25, -0.2) is 0 Å². The molecule has 1 fully saturated rings. The van der Waals surface area contributed by atoms with E-state index in [1.807, 2.05) is 24.0 Å². The quantitative estimate of drug-likeness (QED) is 0.847. The predicted molar refractivity (Wildman–Crippen MR) is 90.4 cm³/mol. The number of hydrogen-bond acceptors (Lipinski definition) is 3. The fourth-order valence-corrected chi connectivity index (χ4v) is 3.09. The summed E-state index contributed by atoms with van der Waals surface area (Å²) >= 11 is 0. The Morgan fingerprint density at radius 1 is 1.45 bits per heavy atom. The van der Waals surface area contributed by atoms with Gasteiger partial charge in [0, 0.05) is 24.5 Å². The molecule has 1 saturated heterocycles. The number of fused-ring (bicyclic) bond motifs is 1. The van der Waals surface area contributed by atoms with E-state index in [1.54, 1.807) is 6.20 Å². The summed E-state index contributed by atoms with van der Waals surface area (Å²) in [5.41, 5.74) is 8.70. The van der Waals surface area contributed by atoms with E-state index in [2.05, 4.69) is 24.0 Å². The van der Waals surface area contributed by atoms with E-state index in [9.17, 15) is 4.79 Å². The molecule has 0 saturated carbocycles. The summed E-state index contributed by atoms with van der Waals surface area (Å²) in [4.78, 5) is 14.8. The maximum absolute atomic E-state index is 12.9. The van der Waals surface area contributed by atoms with Crippen molar-refractivity contribution in [3.8, 4) is 0 Å². The molecule has 22 heavy (non-hydrogen) atoms. The third-order valence-corrected chi connectivity index (χ3v) is 4.52. The number of benzene rings is 1. The van der Waals surface area contributed by atoms with E-state index in [-0.39, 0.29) is 29.8 Å². The molecular formula is C16H23ClN4O. The maximum Gasteiger partial charge on any atom is 0.256 e. The monoisotopic (exact) mass is 322 g/mol. The summed E-state index contributed by atoms with van der Waals surface area (Å²) in [6.45, 7) is 7.65. The van der Waals surface area contributed by atoms with Crippen LogP contribution in [-0.4, -0.2) is 40.1 Å². The third kappa shape index (κ3) is 2.83. The van der Waals surface area contributed by atoms with Crippen molar-refractivity contribution in [2.45, 2.75) is 33.2 Å². The molecule has 1 aliphatic heterocycles. The van der Waals surface area contributed by atoms with Crippen molar-refractivity contribution in [2.24, 2.45) is 11.1 Å². The topological polar surface area (TPSA) is 75.0 Å². The summed E-state index contributed by atoms with van der Waals surface area (Å²) in [7, 11) is 0. The SMILES string of the molecule is Cc1cc(C(=O)N2CCC(N)C(C)(C)C2)c2[nH]ncc2c1.Cl. The Bertz CT molecular complexity index is 695. The standard InChI is InChI=1S/C16H22N4O.ClH/c1-10-6-11-8-18-19-14(11)12(7-10)15(21)20-5-4-13(17)16(2,3)9-20;/h6-8,13H,4-5,9,17H2,1-3H3,(H,18,19);1H. The molecule has 6 heteroatoms. The number of amides is 1. The summed E-state index contributed by atoms with van der Waals surface area (Å²) in [6, 6.07) is 4.11. The highest BCUT2D eigenvalue weighted by molar-refractivity contribution is 6.05. The van der Waals surface area contributed by atoms with Gasteiger partial charge in [0.05, 0.1) is 17.3 Å². The summed E-state index contributed by atoms with van der Waals surface area (Å²) < 4.78 is 0. The number of nitrogens with one attached hydrogen (secondary N) is 1. The number of carbonyl (C=O) groups excluding carboxylic acids is 1. The second-order valence-electron chi connectivity index (χ2n) is 6.76. The van der Waals surface area contributed by atoms with Crippen LogP contribution in [0.1, 0.15) is 36.2 Å². The molecule has 5 nitrogen and oxygen atoms in total. The van der Waals surface area contributed by atoms with Gasteiger partial charge in [-0.3, -0.25) is 9.89 Å². The number of hydrogen-bond donors (Lipinski definition) is 2. The number of carbonyl (C=O) groups is 1. The van der Waals surface area contributed by atoms with Crippen LogP contribution < -0.4 is 5.73 Å². The number of rotatable bonds is 1. The fraction of sp³-hybridized carbons (Fsp3) is 0.500. The second kappa shape index (κ2) is 5.89. The molecule has 1 atom stereocenters. The van der Waals surface area contributed by atoms with Crippen molar-refractivity contribution < 1.29 is 4.79 Å². The van der Waals surface area contributed by atoms with E-state index in [0.29, 0.717) is 18.7 Å². The summed E-state index contributed by atoms with van der Waals surface area (Å²) in [5, 5.41) is 7.98. The Hall–Kier alpha value is -1.59. The smallest absolute Gasteiger partial charge is 0.256 e. The minimum absolute atomic E-state index is 0.